The van der Waals surface area contributed by atoms with Gasteiger partial charge in [0.2, 0.25) is 0 Å². The molecule has 0 aromatic heterocycles. The van der Waals surface area contributed by atoms with Crippen LogP contribution in [0.3, 0.4) is 0 Å². The van der Waals surface area contributed by atoms with Crippen molar-refractivity contribution < 1.29 is 9.53 Å². The van der Waals surface area contributed by atoms with Crippen molar-refractivity contribution in [1.82, 2.24) is 0 Å². The molecule has 2 heteroatoms. The van der Waals surface area contributed by atoms with E-state index >= 15 is 0 Å². The second-order valence-electron chi connectivity index (χ2n) is 9.02. The molecule has 1 aliphatic rings. The fraction of sp³-hybridized carbons (Fsp3) is 0.741. The molecule has 1 saturated heterocycles. The van der Waals surface area contributed by atoms with Crippen LogP contribution in [0, 0.1) is 5.92 Å². The van der Waals surface area contributed by atoms with Crippen LogP contribution in [0.15, 0.2) is 24.3 Å². The number of carbonyl (C=O) groups is 1. The average Bonchev–Trinajstić information content (AvgIpc) is 2.74. The Kier molecular flexibility index (Phi) is 12.1. The first-order valence-electron chi connectivity index (χ1n) is 12.5. The monoisotopic (exact) mass is 400 g/mol. The SMILES string of the molecule is CCCCCCCCc1ccc(C2CCC(CCCCCCCC)C(=O)O2)cc1. The molecule has 29 heavy (non-hydrogen) atoms. The summed E-state index contributed by atoms with van der Waals surface area (Å²) in [4.78, 5) is 12.4. The second kappa shape index (κ2) is 14.6. The molecule has 1 heterocycles. The third-order valence-corrected chi connectivity index (χ3v) is 6.45. The van der Waals surface area contributed by atoms with Crippen molar-refractivity contribution in [2.75, 3.05) is 0 Å². The maximum atomic E-state index is 12.4. The first-order valence-corrected chi connectivity index (χ1v) is 12.5. The Labute approximate surface area is 179 Å². The molecule has 0 radical (unpaired) electrons. The van der Waals surface area contributed by atoms with E-state index in [-0.39, 0.29) is 18.0 Å². The molecule has 2 unspecified atom stereocenters. The van der Waals surface area contributed by atoms with Crippen LogP contribution in [0.2, 0.25) is 0 Å². The Morgan fingerprint density at radius 1 is 0.759 bits per heavy atom. The van der Waals surface area contributed by atoms with Crippen LogP contribution in [-0.2, 0) is 16.0 Å². The van der Waals surface area contributed by atoms with Gasteiger partial charge in [-0.05, 0) is 43.2 Å². The molecule has 164 valence electrons. The van der Waals surface area contributed by atoms with Gasteiger partial charge in [-0.15, -0.1) is 0 Å². The van der Waals surface area contributed by atoms with Gasteiger partial charge in [-0.2, -0.15) is 0 Å². The number of rotatable bonds is 15. The van der Waals surface area contributed by atoms with Crippen molar-refractivity contribution in [2.45, 2.75) is 123 Å². The number of unbranched alkanes of at least 4 members (excludes halogenated alkanes) is 10. The number of esters is 1. The van der Waals surface area contributed by atoms with Crippen molar-refractivity contribution in [2.24, 2.45) is 5.92 Å². The summed E-state index contributed by atoms with van der Waals surface area (Å²) in [6.45, 7) is 4.51. The van der Waals surface area contributed by atoms with Crippen LogP contribution in [0.1, 0.15) is 127 Å². The van der Waals surface area contributed by atoms with Gasteiger partial charge in [0.1, 0.15) is 6.10 Å². The van der Waals surface area contributed by atoms with E-state index in [9.17, 15) is 4.79 Å². The minimum atomic E-state index is -0.0357. The van der Waals surface area contributed by atoms with Gasteiger partial charge in [-0.25, -0.2) is 0 Å². The highest BCUT2D eigenvalue weighted by atomic mass is 16.5. The lowest BCUT2D eigenvalue weighted by atomic mass is 9.90. The number of carbonyl (C=O) groups excluding carboxylic acids is 1. The van der Waals surface area contributed by atoms with Crippen LogP contribution in [0.4, 0.5) is 0 Å². The molecule has 1 fully saturated rings. The van der Waals surface area contributed by atoms with Crippen LogP contribution < -0.4 is 0 Å². The van der Waals surface area contributed by atoms with Gasteiger partial charge in [0.05, 0.1) is 5.92 Å². The van der Waals surface area contributed by atoms with E-state index in [1.807, 2.05) is 0 Å². The molecular formula is C27H44O2. The molecule has 1 aromatic carbocycles. The van der Waals surface area contributed by atoms with Gasteiger partial charge in [0, 0.05) is 0 Å². The normalized spacial score (nSPS) is 19.3. The van der Waals surface area contributed by atoms with E-state index in [1.54, 1.807) is 0 Å². The smallest absolute Gasteiger partial charge is 0.309 e. The zero-order valence-electron chi connectivity index (χ0n) is 19.1. The predicted molar refractivity (Wildman–Crippen MR) is 123 cm³/mol. The van der Waals surface area contributed by atoms with Crippen molar-refractivity contribution in [1.29, 1.82) is 0 Å². The first-order chi connectivity index (χ1) is 14.2. The number of hydrogen-bond donors (Lipinski definition) is 0. The summed E-state index contributed by atoms with van der Waals surface area (Å²) in [6.07, 6.45) is 19.8. The summed E-state index contributed by atoms with van der Waals surface area (Å²) in [5.41, 5.74) is 2.58. The zero-order valence-corrected chi connectivity index (χ0v) is 19.1. The molecular weight excluding hydrogens is 356 g/mol. The van der Waals surface area contributed by atoms with Crippen molar-refractivity contribution >= 4 is 5.97 Å². The summed E-state index contributed by atoms with van der Waals surface area (Å²) in [5, 5.41) is 0. The first kappa shape index (κ1) is 24.0. The Bertz CT molecular complexity index is 548. The lowest BCUT2D eigenvalue weighted by Crippen LogP contribution is -2.26. The third-order valence-electron chi connectivity index (χ3n) is 6.45. The molecule has 0 spiro atoms. The molecule has 0 saturated carbocycles. The number of ether oxygens (including phenoxy) is 1. The molecule has 2 rings (SSSR count). The highest BCUT2D eigenvalue weighted by Crippen LogP contribution is 2.33. The standard InChI is InChI=1S/C27H44O2/c1-3-5-7-9-11-13-15-23-17-19-24(20-18-23)26-22-21-25(27(28)29-26)16-14-12-10-8-6-4-2/h17-20,25-26H,3-16,21-22H2,1-2H3. The van der Waals surface area contributed by atoms with Gasteiger partial charge in [-0.3, -0.25) is 4.79 Å². The fourth-order valence-corrected chi connectivity index (χ4v) is 4.44. The quantitative estimate of drug-likeness (QED) is 0.218. The Morgan fingerprint density at radius 3 is 1.97 bits per heavy atom. The van der Waals surface area contributed by atoms with E-state index in [2.05, 4.69) is 38.1 Å². The topological polar surface area (TPSA) is 26.3 Å². The highest BCUT2D eigenvalue weighted by Gasteiger charge is 2.30. The molecule has 0 aliphatic carbocycles. The largest absolute Gasteiger partial charge is 0.457 e. The molecule has 0 bridgehead atoms. The van der Waals surface area contributed by atoms with Gasteiger partial charge in [0.25, 0.3) is 0 Å². The van der Waals surface area contributed by atoms with Crippen LogP contribution in [0.5, 0.6) is 0 Å². The van der Waals surface area contributed by atoms with E-state index in [4.69, 9.17) is 4.74 Å². The van der Waals surface area contributed by atoms with E-state index < -0.39 is 0 Å². The molecule has 1 aliphatic heterocycles. The number of aryl methyl sites for hydroxylation is 1. The maximum absolute atomic E-state index is 12.4. The van der Waals surface area contributed by atoms with E-state index in [1.165, 1.54) is 88.2 Å². The Morgan fingerprint density at radius 2 is 1.34 bits per heavy atom. The van der Waals surface area contributed by atoms with Crippen molar-refractivity contribution in [3.63, 3.8) is 0 Å². The molecule has 0 amide bonds. The Hall–Kier alpha value is -1.31. The lowest BCUT2D eigenvalue weighted by molar-refractivity contribution is -0.161. The average molecular weight is 401 g/mol. The molecule has 0 N–H and O–H groups in total. The van der Waals surface area contributed by atoms with Gasteiger partial charge < -0.3 is 4.74 Å². The molecule has 1 aromatic rings. The van der Waals surface area contributed by atoms with Crippen LogP contribution in [-0.4, -0.2) is 5.97 Å². The number of cyclic esters (lactones) is 1. The van der Waals surface area contributed by atoms with E-state index in [0.717, 1.165) is 25.7 Å². The van der Waals surface area contributed by atoms with Gasteiger partial charge in [-0.1, -0.05) is 109 Å². The van der Waals surface area contributed by atoms with Crippen LogP contribution in [0.25, 0.3) is 0 Å². The minimum absolute atomic E-state index is 0.0333. The summed E-state index contributed by atoms with van der Waals surface area (Å²) in [5.74, 6) is 0.162. The van der Waals surface area contributed by atoms with Crippen molar-refractivity contribution in [3.8, 4) is 0 Å². The van der Waals surface area contributed by atoms with Crippen LogP contribution >= 0.6 is 0 Å². The van der Waals surface area contributed by atoms with E-state index in [0.29, 0.717) is 0 Å². The molecule has 2 nitrogen and oxygen atoms in total. The number of benzene rings is 1. The fourth-order valence-electron chi connectivity index (χ4n) is 4.44. The summed E-state index contributed by atoms with van der Waals surface area (Å²) in [6, 6.07) is 8.83. The van der Waals surface area contributed by atoms with Gasteiger partial charge in [0.15, 0.2) is 0 Å². The number of hydrogen-bond acceptors (Lipinski definition) is 2. The van der Waals surface area contributed by atoms with Crippen molar-refractivity contribution in [3.05, 3.63) is 35.4 Å². The van der Waals surface area contributed by atoms with Gasteiger partial charge >= 0.3 is 5.97 Å². The third kappa shape index (κ3) is 9.36. The summed E-state index contributed by atoms with van der Waals surface area (Å²) in [7, 11) is 0. The maximum Gasteiger partial charge on any atom is 0.309 e. The summed E-state index contributed by atoms with van der Waals surface area (Å²) >= 11 is 0. The second-order valence-corrected chi connectivity index (χ2v) is 9.02. The minimum Gasteiger partial charge on any atom is -0.457 e. The summed E-state index contributed by atoms with van der Waals surface area (Å²) < 4.78 is 5.82. The lowest BCUT2D eigenvalue weighted by Gasteiger charge is -2.28. The molecule has 2 atom stereocenters. The Balaban J connectivity index is 1.65. The zero-order chi connectivity index (χ0) is 20.7. The highest BCUT2D eigenvalue weighted by molar-refractivity contribution is 5.73. The predicted octanol–water partition coefficient (Wildman–Crippen LogP) is 8.33.